The highest BCUT2D eigenvalue weighted by Crippen LogP contribution is 2.13. The Labute approximate surface area is 73.7 Å². The average molecular weight is 168 g/mol. The zero-order valence-electron chi connectivity index (χ0n) is 7.71. The Hall–Kier alpha value is -0.590. The molecule has 0 spiro atoms. The normalized spacial score (nSPS) is 31.4. The molecule has 0 aromatic rings. The van der Waals surface area contributed by atoms with Crippen molar-refractivity contribution in [3.63, 3.8) is 0 Å². The largest absolute Gasteiger partial charge is 0.377 e. The maximum absolute atomic E-state index is 8.72. The monoisotopic (exact) mass is 168 g/mol. The molecule has 0 bridgehead atoms. The van der Waals surface area contributed by atoms with Crippen LogP contribution in [0.1, 0.15) is 26.7 Å². The predicted octanol–water partition coefficient (Wildman–Crippen LogP) is 1.06. The van der Waals surface area contributed by atoms with Gasteiger partial charge < -0.3 is 4.74 Å². The minimum absolute atomic E-state index is 0.0147. The standard InChI is InChI=1S/C9H16N2O/c1-3-8(6-10)11-9-4-5-12-7(9)2/h7-9,11H,3-5H2,1-2H3. The van der Waals surface area contributed by atoms with Gasteiger partial charge in [-0.25, -0.2) is 0 Å². The van der Waals surface area contributed by atoms with Gasteiger partial charge in [0.15, 0.2) is 0 Å². The van der Waals surface area contributed by atoms with E-state index in [1.54, 1.807) is 0 Å². The van der Waals surface area contributed by atoms with Gasteiger partial charge >= 0.3 is 0 Å². The molecule has 1 aliphatic rings. The van der Waals surface area contributed by atoms with Crippen LogP contribution in [0, 0.1) is 11.3 Å². The number of hydrogen-bond donors (Lipinski definition) is 1. The van der Waals surface area contributed by atoms with Gasteiger partial charge in [0.2, 0.25) is 0 Å². The Bertz CT molecular complexity index is 176. The summed E-state index contributed by atoms with van der Waals surface area (Å²) < 4.78 is 5.38. The minimum Gasteiger partial charge on any atom is -0.377 e. The van der Waals surface area contributed by atoms with Crippen LogP contribution in [0.25, 0.3) is 0 Å². The molecular formula is C9H16N2O. The van der Waals surface area contributed by atoms with E-state index in [1.807, 2.05) is 6.92 Å². The van der Waals surface area contributed by atoms with Crippen LogP contribution < -0.4 is 5.32 Å². The molecule has 1 fully saturated rings. The molecule has 0 amide bonds. The molecule has 1 N–H and O–H groups in total. The van der Waals surface area contributed by atoms with Crippen LogP contribution in [0.2, 0.25) is 0 Å². The summed E-state index contributed by atoms with van der Waals surface area (Å²) in [5.74, 6) is 0. The van der Waals surface area contributed by atoms with Crippen molar-refractivity contribution in [1.29, 1.82) is 5.26 Å². The Balaban J connectivity index is 2.34. The minimum atomic E-state index is -0.0147. The Morgan fingerprint density at radius 2 is 2.50 bits per heavy atom. The second kappa shape index (κ2) is 4.44. The first-order valence-corrected chi connectivity index (χ1v) is 4.55. The second-order valence-electron chi connectivity index (χ2n) is 3.23. The Morgan fingerprint density at radius 1 is 1.75 bits per heavy atom. The van der Waals surface area contributed by atoms with Crippen LogP contribution in [-0.4, -0.2) is 24.8 Å². The first-order valence-electron chi connectivity index (χ1n) is 4.55. The topological polar surface area (TPSA) is 45.0 Å². The molecule has 3 unspecified atom stereocenters. The smallest absolute Gasteiger partial charge is 0.0953 e. The van der Waals surface area contributed by atoms with Crippen LogP contribution in [-0.2, 0) is 4.74 Å². The van der Waals surface area contributed by atoms with E-state index in [9.17, 15) is 0 Å². The lowest BCUT2D eigenvalue weighted by atomic mass is 10.1. The zero-order valence-corrected chi connectivity index (χ0v) is 7.71. The van der Waals surface area contributed by atoms with E-state index in [0.717, 1.165) is 19.4 Å². The van der Waals surface area contributed by atoms with E-state index in [4.69, 9.17) is 10.00 Å². The predicted molar refractivity (Wildman–Crippen MR) is 46.6 cm³/mol. The molecule has 0 radical (unpaired) electrons. The van der Waals surface area contributed by atoms with Crippen LogP contribution in [0.5, 0.6) is 0 Å². The molecule has 0 aromatic heterocycles. The van der Waals surface area contributed by atoms with Crippen molar-refractivity contribution in [2.75, 3.05) is 6.61 Å². The van der Waals surface area contributed by atoms with Crippen molar-refractivity contribution in [2.45, 2.75) is 44.9 Å². The fourth-order valence-electron chi connectivity index (χ4n) is 1.46. The molecule has 0 aliphatic carbocycles. The summed E-state index contributed by atoms with van der Waals surface area (Å²) in [5, 5.41) is 12.0. The molecule has 3 heteroatoms. The van der Waals surface area contributed by atoms with Gasteiger partial charge in [-0.15, -0.1) is 0 Å². The van der Waals surface area contributed by atoms with Gasteiger partial charge in [-0.05, 0) is 19.8 Å². The lowest BCUT2D eigenvalue weighted by Crippen LogP contribution is -2.41. The van der Waals surface area contributed by atoms with E-state index in [0.29, 0.717) is 6.04 Å². The van der Waals surface area contributed by atoms with Gasteiger partial charge in [0.25, 0.3) is 0 Å². The lowest BCUT2D eigenvalue weighted by Gasteiger charge is -2.18. The molecule has 3 nitrogen and oxygen atoms in total. The third-order valence-electron chi connectivity index (χ3n) is 2.36. The fourth-order valence-corrected chi connectivity index (χ4v) is 1.46. The molecule has 1 heterocycles. The van der Waals surface area contributed by atoms with E-state index < -0.39 is 0 Å². The molecule has 3 atom stereocenters. The number of rotatable bonds is 3. The van der Waals surface area contributed by atoms with E-state index in [-0.39, 0.29) is 12.1 Å². The Kier molecular flexibility index (Phi) is 3.51. The molecule has 1 aliphatic heterocycles. The van der Waals surface area contributed by atoms with Crippen LogP contribution in [0.3, 0.4) is 0 Å². The number of nitrogens with zero attached hydrogens (tertiary/aromatic N) is 1. The van der Waals surface area contributed by atoms with Crippen molar-refractivity contribution in [2.24, 2.45) is 0 Å². The van der Waals surface area contributed by atoms with E-state index >= 15 is 0 Å². The van der Waals surface area contributed by atoms with E-state index in [1.165, 1.54) is 0 Å². The van der Waals surface area contributed by atoms with Gasteiger partial charge in [0.05, 0.1) is 18.2 Å². The first-order chi connectivity index (χ1) is 5.77. The van der Waals surface area contributed by atoms with Crippen LogP contribution in [0.15, 0.2) is 0 Å². The molecule has 12 heavy (non-hydrogen) atoms. The van der Waals surface area contributed by atoms with Gasteiger partial charge in [0.1, 0.15) is 0 Å². The van der Waals surface area contributed by atoms with E-state index in [2.05, 4.69) is 18.3 Å². The number of nitrogens with one attached hydrogen (secondary N) is 1. The highest BCUT2D eigenvalue weighted by atomic mass is 16.5. The first kappa shape index (κ1) is 9.50. The summed E-state index contributed by atoms with van der Waals surface area (Å²) in [6.45, 7) is 4.89. The quantitative estimate of drug-likeness (QED) is 0.685. The maximum atomic E-state index is 8.72. The second-order valence-corrected chi connectivity index (χ2v) is 3.23. The van der Waals surface area contributed by atoms with Crippen molar-refractivity contribution in [3.05, 3.63) is 0 Å². The van der Waals surface area contributed by atoms with Crippen molar-refractivity contribution < 1.29 is 4.74 Å². The molecular weight excluding hydrogens is 152 g/mol. The molecule has 0 aromatic carbocycles. The van der Waals surface area contributed by atoms with Gasteiger partial charge in [-0.2, -0.15) is 5.26 Å². The highest BCUT2D eigenvalue weighted by Gasteiger charge is 2.25. The summed E-state index contributed by atoms with van der Waals surface area (Å²) >= 11 is 0. The number of nitriles is 1. The third kappa shape index (κ3) is 2.20. The summed E-state index contributed by atoms with van der Waals surface area (Å²) in [6.07, 6.45) is 2.14. The number of ether oxygens (including phenoxy) is 1. The third-order valence-corrected chi connectivity index (χ3v) is 2.36. The highest BCUT2D eigenvalue weighted by molar-refractivity contribution is 4.93. The average Bonchev–Trinajstić information content (AvgIpc) is 2.47. The van der Waals surface area contributed by atoms with Crippen molar-refractivity contribution >= 4 is 0 Å². The van der Waals surface area contributed by atoms with Crippen molar-refractivity contribution in [1.82, 2.24) is 5.32 Å². The molecule has 1 rings (SSSR count). The summed E-state index contributed by atoms with van der Waals surface area (Å²) in [6, 6.07) is 2.59. The summed E-state index contributed by atoms with van der Waals surface area (Å²) in [5.41, 5.74) is 0. The molecule has 68 valence electrons. The van der Waals surface area contributed by atoms with Crippen LogP contribution in [0.4, 0.5) is 0 Å². The summed E-state index contributed by atoms with van der Waals surface area (Å²) in [4.78, 5) is 0. The fraction of sp³-hybridized carbons (Fsp3) is 0.889. The lowest BCUT2D eigenvalue weighted by molar-refractivity contribution is 0.112. The molecule has 1 saturated heterocycles. The SMILES string of the molecule is CCC(C#N)NC1CCOC1C. The number of hydrogen-bond acceptors (Lipinski definition) is 3. The molecule has 0 saturated carbocycles. The van der Waals surface area contributed by atoms with Gasteiger partial charge in [0, 0.05) is 12.6 Å². The summed E-state index contributed by atoms with van der Waals surface area (Å²) in [7, 11) is 0. The maximum Gasteiger partial charge on any atom is 0.0953 e. The van der Waals surface area contributed by atoms with Gasteiger partial charge in [-0.1, -0.05) is 6.92 Å². The van der Waals surface area contributed by atoms with Crippen molar-refractivity contribution in [3.8, 4) is 6.07 Å². The van der Waals surface area contributed by atoms with Crippen LogP contribution >= 0.6 is 0 Å². The van der Waals surface area contributed by atoms with Gasteiger partial charge in [-0.3, -0.25) is 5.32 Å². The zero-order chi connectivity index (χ0) is 8.97. The Morgan fingerprint density at radius 3 is 2.92 bits per heavy atom.